The largest absolute Gasteiger partial charge is 0.444 e. The van der Waals surface area contributed by atoms with Crippen LogP contribution in [0, 0.1) is 0 Å². The summed E-state index contributed by atoms with van der Waals surface area (Å²) in [6.45, 7) is 12.2. The molecule has 128 valence electrons. The molecule has 0 aromatic carbocycles. The molecule has 1 aromatic rings. The SMILES string of the molecule is CC(C)(C)OC(=O)N1CC[C@H]1C(=O)Nc1nc(C(C)(C)C)cs1. The number of nitrogens with zero attached hydrogens (tertiary/aromatic N) is 2. The summed E-state index contributed by atoms with van der Waals surface area (Å²) in [5, 5.41) is 5.32. The summed E-state index contributed by atoms with van der Waals surface area (Å²) in [6, 6.07) is -0.480. The van der Waals surface area contributed by atoms with Gasteiger partial charge in [0.25, 0.3) is 0 Å². The van der Waals surface area contributed by atoms with Gasteiger partial charge in [-0.05, 0) is 27.2 Å². The van der Waals surface area contributed by atoms with Crippen LogP contribution in [0.25, 0.3) is 0 Å². The van der Waals surface area contributed by atoms with Crippen LogP contribution in [0.2, 0.25) is 0 Å². The zero-order valence-corrected chi connectivity index (χ0v) is 15.4. The molecule has 6 nitrogen and oxygen atoms in total. The number of likely N-dealkylation sites (tertiary alicyclic amines) is 1. The number of thiazole rings is 1. The number of carbonyl (C=O) groups is 2. The average molecular weight is 339 g/mol. The number of anilines is 1. The Hall–Kier alpha value is -1.63. The molecule has 1 fully saturated rings. The third-order valence-corrected chi connectivity index (χ3v) is 4.21. The summed E-state index contributed by atoms with van der Waals surface area (Å²) >= 11 is 1.40. The number of hydrogen-bond donors (Lipinski definition) is 1. The summed E-state index contributed by atoms with van der Waals surface area (Å²) in [6.07, 6.45) is 0.196. The Balaban J connectivity index is 1.96. The monoisotopic (exact) mass is 339 g/mol. The normalized spacial score (nSPS) is 18.3. The van der Waals surface area contributed by atoms with Crippen molar-refractivity contribution < 1.29 is 14.3 Å². The first-order valence-electron chi connectivity index (χ1n) is 7.74. The van der Waals surface area contributed by atoms with Gasteiger partial charge in [0.1, 0.15) is 11.6 Å². The molecule has 1 aliphatic rings. The lowest BCUT2D eigenvalue weighted by Crippen LogP contribution is -2.57. The van der Waals surface area contributed by atoms with Crippen LogP contribution in [0.4, 0.5) is 9.93 Å². The van der Waals surface area contributed by atoms with Crippen molar-refractivity contribution in [2.75, 3.05) is 11.9 Å². The van der Waals surface area contributed by atoms with Gasteiger partial charge in [0.2, 0.25) is 5.91 Å². The summed E-state index contributed by atoms with van der Waals surface area (Å²) in [7, 11) is 0. The van der Waals surface area contributed by atoms with E-state index in [1.54, 1.807) is 0 Å². The molecule has 0 bridgehead atoms. The Bertz CT molecular complexity index is 598. The van der Waals surface area contributed by atoms with E-state index in [0.717, 1.165) is 5.69 Å². The summed E-state index contributed by atoms with van der Waals surface area (Å²) < 4.78 is 5.32. The van der Waals surface area contributed by atoms with Gasteiger partial charge in [-0.25, -0.2) is 9.78 Å². The van der Waals surface area contributed by atoms with Crippen LogP contribution in [-0.4, -0.2) is 40.1 Å². The minimum atomic E-state index is -0.565. The lowest BCUT2D eigenvalue weighted by molar-refractivity contribution is -0.125. The molecule has 0 radical (unpaired) electrons. The highest BCUT2D eigenvalue weighted by Gasteiger charge is 2.40. The highest BCUT2D eigenvalue weighted by Crippen LogP contribution is 2.28. The lowest BCUT2D eigenvalue weighted by atomic mass is 9.93. The second-order valence-corrected chi connectivity index (χ2v) is 8.61. The van der Waals surface area contributed by atoms with E-state index in [4.69, 9.17) is 4.74 Å². The van der Waals surface area contributed by atoms with Crippen molar-refractivity contribution in [3.8, 4) is 0 Å². The summed E-state index contributed by atoms with van der Waals surface area (Å²) in [5.41, 5.74) is 0.318. The minimum absolute atomic E-state index is 0.0570. The van der Waals surface area contributed by atoms with Crippen molar-refractivity contribution >= 4 is 28.5 Å². The maximum atomic E-state index is 12.3. The van der Waals surface area contributed by atoms with Crippen molar-refractivity contribution in [3.05, 3.63) is 11.1 Å². The molecular formula is C16H25N3O3S. The van der Waals surface area contributed by atoms with Crippen molar-refractivity contribution in [1.82, 2.24) is 9.88 Å². The van der Waals surface area contributed by atoms with Gasteiger partial charge < -0.3 is 10.1 Å². The van der Waals surface area contributed by atoms with Crippen molar-refractivity contribution in [2.45, 2.75) is 65.0 Å². The molecule has 1 aromatic heterocycles. The molecular weight excluding hydrogens is 314 g/mol. The van der Waals surface area contributed by atoms with Crippen molar-refractivity contribution in [3.63, 3.8) is 0 Å². The highest BCUT2D eigenvalue weighted by atomic mass is 32.1. The molecule has 1 atom stereocenters. The second-order valence-electron chi connectivity index (χ2n) is 7.76. The van der Waals surface area contributed by atoms with Crippen LogP contribution in [0.1, 0.15) is 53.7 Å². The third kappa shape index (κ3) is 4.43. The van der Waals surface area contributed by atoms with Crippen molar-refractivity contribution in [1.29, 1.82) is 0 Å². The van der Waals surface area contributed by atoms with Gasteiger partial charge in [-0.2, -0.15) is 0 Å². The molecule has 0 aliphatic carbocycles. The Morgan fingerprint density at radius 1 is 1.30 bits per heavy atom. The first-order chi connectivity index (χ1) is 10.5. The van der Waals surface area contributed by atoms with Gasteiger partial charge in [-0.1, -0.05) is 20.8 Å². The quantitative estimate of drug-likeness (QED) is 0.896. The first-order valence-corrected chi connectivity index (χ1v) is 8.62. The number of rotatable bonds is 2. The van der Waals surface area contributed by atoms with E-state index in [1.165, 1.54) is 16.2 Å². The predicted molar refractivity (Wildman–Crippen MR) is 90.8 cm³/mol. The third-order valence-electron chi connectivity index (χ3n) is 3.45. The minimum Gasteiger partial charge on any atom is -0.444 e. The Morgan fingerprint density at radius 2 is 1.96 bits per heavy atom. The number of hydrogen-bond acceptors (Lipinski definition) is 5. The number of ether oxygens (including phenoxy) is 1. The second kappa shape index (κ2) is 6.11. The van der Waals surface area contributed by atoms with Crippen LogP contribution in [-0.2, 0) is 14.9 Å². The Morgan fingerprint density at radius 3 is 2.39 bits per heavy atom. The van der Waals surface area contributed by atoms with E-state index in [2.05, 4.69) is 31.1 Å². The maximum Gasteiger partial charge on any atom is 0.410 e. The molecule has 1 aliphatic heterocycles. The first kappa shape index (κ1) is 17.7. The topological polar surface area (TPSA) is 71.5 Å². The fourth-order valence-corrected chi connectivity index (χ4v) is 3.00. The zero-order valence-electron chi connectivity index (χ0n) is 14.6. The zero-order chi connectivity index (χ0) is 17.4. The van der Waals surface area contributed by atoms with Gasteiger partial charge in [-0.15, -0.1) is 11.3 Å². The molecule has 7 heteroatoms. The van der Waals surface area contributed by atoms with Crippen molar-refractivity contribution in [2.24, 2.45) is 0 Å². The van der Waals surface area contributed by atoms with Gasteiger partial charge in [0.15, 0.2) is 5.13 Å². The number of aromatic nitrogens is 1. The van der Waals surface area contributed by atoms with Gasteiger partial charge in [0, 0.05) is 17.3 Å². The van der Waals surface area contributed by atoms with E-state index in [9.17, 15) is 9.59 Å². The number of amides is 2. The Kier molecular flexibility index (Phi) is 4.71. The van der Waals surface area contributed by atoms with Gasteiger partial charge >= 0.3 is 6.09 Å². The van der Waals surface area contributed by atoms with Gasteiger partial charge in [-0.3, -0.25) is 9.69 Å². The molecule has 2 amide bonds. The molecule has 1 saturated heterocycles. The smallest absolute Gasteiger partial charge is 0.410 e. The molecule has 23 heavy (non-hydrogen) atoms. The number of nitrogens with one attached hydrogen (secondary N) is 1. The fraction of sp³-hybridized carbons (Fsp3) is 0.688. The number of carbonyl (C=O) groups excluding carboxylic acids is 2. The van der Waals surface area contributed by atoms with E-state index in [0.29, 0.717) is 18.1 Å². The molecule has 2 rings (SSSR count). The van der Waals surface area contributed by atoms with E-state index >= 15 is 0 Å². The van der Waals surface area contributed by atoms with Gasteiger partial charge in [0.05, 0.1) is 5.69 Å². The highest BCUT2D eigenvalue weighted by molar-refractivity contribution is 7.14. The maximum absolute atomic E-state index is 12.3. The molecule has 0 saturated carbocycles. The summed E-state index contributed by atoms with van der Waals surface area (Å²) in [5.74, 6) is -0.211. The van der Waals surface area contributed by atoms with E-state index in [-0.39, 0.29) is 11.3 Å². The van der Waals surface area contributed by atoms with Crippen LogP contribution < -0.4 is 5.32 Å². The predicted octanol–water partition coefficient (Wildman–Crippen LogP) is 3.39. The average Bonchev–Trinajstić information content (AvgIpc) is 2.72. The summed E-state index contributed by atoms with van der Waals surface area (Å²) in [4.78, 5) is 30.3. The molecule has 2 heterocycles. The van der Waals surface area contributed by atoms with E-state index in [1.807, 2.05) is 26.2 Å². The lowest BCUT2D eigenvalue weighted by Gasteiger charge is -2.39. The standard InChI is InChI=1S/C16H25N3O3S/c1-15(2,3)11-9-23-13(17-11)18-12(20)10-7-8-19(10)14(21)22-16(4,5)6/h9-10H,7-8H2,1-6H3,(H,17,18,20)/t10-/m0/s1. The molecule has 0 unspecified atom stereocenters. The fourth-order valence-electron chi connectivity index (χ4n) is 2.06. The molecule has 1 N–H and O–H groups in total. The Labute approximate surface area is 141 Å². The van der Waals surface area contributed by atoms with Crippen LogP contribution in [0.15, 0.2) is 5.38 Å². The van der Waals surface area contributed by atoms with Crippen LogP contribution in [0.3, 0.4) is 0 Å². The van der Waals surface area contributed by atoms with E-state index < -0.39 is 17.7 Å². The van der Waals surface area contributed by atoms with Crippen LogP contribution in [0.5, 0.6) is 0 Å². The van der Waals surface area contributed by atoms with Crippen LogP contribution >= 0.6 is 11.3 Å². The molecule has 0 spiro atoms.